The predicted octanol–water partition coefficient (Wildman–Crippen LogP) is 3.11. The molecule has 0 aliphatic carbocycles. The van der Waals surface area contributed by atoms with Crippen LogP contribution in [0.4, 0.5) is 0 Å². The molecule has 2 aromatic heterocycles. The van der Waals surface area contributed by atoms with Gasteiger partial charge < -0.3 is 10.3 Å². The molecule has 0 atom stereocenters. The van der Waals surface area contributed by atoms with Crippen LogP contribution >= 0.6 is 0 Å². The molecule has 2 aromatic carbocycles. The number of benzene rings is 2. The SMILES string of the molecule is O=C(NCCCc1nc2ccccc2[nH]1)c1cnn(-c2ccccc2)c1. The number of imidazole rings is 1. The van der Waals surface area contributed by atoms with Crippen LogP contribution in [0.15, 0.2) is 67.0 Å². The molecule has 26 heavy (non-hydrogen) atoms. The molecule has 130 valence electrons. The molecule has 0 saturated heterocycles. The zero-order valence-corrected chi connectivity index (χ0v) is 14.2. The highest BCUT2D eigenvalue weighted by Crippen LogP contribution is 2.11. The third kappa shape index (κ3) is 3.49. The Hall–Kier alpha value is -3.41. The number of aryl methyl sites for hydroxylation is 1. The number of fused-ring (bicyclic) bond motifs is 1. The molecule has 4 aromatic rings. The molecule has 0 aliphatic rings. The zero-order chi connectivity index (χ0) is 17.8. The number of para-hydroxylation sites is 3. The van der Waals surface area contributed by atoms with Gasteiger partial charge in [0.2, 0.25) is 0 Å². The summed E-state index contributed by atoms with van der Waals surface area (Å²) in [6.45, 7) is 0.590. The summed E-state index contributed by atoms with van der Waals surface area (Å²) in [5, 5.41) is 7.18. The number of nitrogens with one attached hydrogen (secondary N) is 2. The Morgan fingerprint density at radius 1 is 1.08 bits per heavy atom. The molecule has 0 unspecified atom stereocenters. The van der Waals surface area contributed by atoms with Crippen molar-refractivity contribution in [2.45, 2.75) is 12.8 Å². The molecule has 0 radical (unpaired) electrons. The van der Waals surface area contributed by atoms with Gasteiger partial charge in [-0.3, -0.25) is 4.79 Å². The van der Waals surface area contributed by atoms with Crippen LogP contribution in [0.5, 0.6) is 0 Å². The van der Waals surface area contributed by atoms with Crippen LogP contribution in [0.3, 0.4) is 0 Å². The van der Waals surface area contributed by atoms with Crippen molar-refractivity contribution in [3.8, 4) is 5.69 Å². The van der Waals surface area contributed by atoms with E-state index < -0.39 is 0 Å². The van der Waals surface area contributed by atoms with Gasteiger partial charge in [0.05, 0.1) is 28.5 Å². The smallest absolute Gasteiger partial charge is 0.254 e. The molecule has 0 aliphatic heterocycles. The summed E-state index contributed by atoms with van der Waals surface area (Å²) < 4.78 is 1.70. The van der Waals surface area contributed by atoms with Crippen LogP contribution in [-0.4, -0.2) is 32.2 Å². The van der Waals surface area contributed by atoms with Crippen molar-refractivity contribution >= 4 is 16.9 Å². The first-order chi connectivity index (χ1) is 12.8. The van der Waals surface area contributed by atoms with E-state index >= 15 is 0 Å². The van der Waals surface area contributed by atoms with Crippen LogP contribution in [-0.2, 0) is 6.42 Å². The fourth-order valence-corrected chi connectivity index (χ4v) is 2.85. The van der Waals surface area contributed by atoms with Crippen molar-refractivity contribution in [1.82, 2.24) is 25.1 Å². The van der Waals surface area contributed by atoms with Crippen molar-refractivity contribution in [1.29, 1.82) is 0 Å². The van der Waals surface area contributed by atoms with Gasteiger partial charge >= 0.3 is 0 Å². The van der Waals surface area contributed by atoms with Gasteiger partial charge in [0.15, 0.2) is 0 Å². The predicted molar refractivity (Wildman–Crippen MR) is 100 cm³/mol. The van der Waals surface area contributed by atoms with E-state index in [9.17, 15) is 4.79 Å². The Morgan fingerprint density at radius 3 is 2.73 bits per heavy atom. The summed E-state index contributed by atoms with van der Waals surface area (Å²) in [5.41, 5.74) is 3.49. The lowest BCUT2D eigenvalue weighted by Gasteiger charge is -2.02. The van der Waals surface area contributed by atoms with E-state index in [1.54, 1.807) is 17.1 Å². The van der Waals surface area contributed by atoms with Gasteiger partial charge in [0.25, 0.3) is 5.91 Å². The zero-order valence-electron chi connectivity index (χ0n) is 14.2. The highest BCUT2D eigenvalue weighted by Gasteiger charge is 2.09. The lowest BCUT2D eigenvalue weighted by molar-refractivity contribution is 0.0953. The van der Waals surface area contributed by atoms with Gasteiger partial charge in [0, 0.05) is 19.2 Å². The topological polar surface area (TPSA) is 75.6 Å². The number of hydrogen-bond donors (Lipinski definition) is 2. The highest BCUT2D eigenvalue weighted by molar-refractivity contribution is 5.93. The largest absolute Gasteiger partial charge is 0.352 e. The van der Waals surface area contributed by atoms with Crippen molar-refractivity contribution in [3.05, 3.63) is 78.4 Å². The minimum atomic E-state index is -0.114. The number of carbonyl (C=O) groups excluding carboxylic acids is 1. The summed E-state index contributed by atoms with van der Waals surface area (Å²) in [4.78, 5) is 20.1. The molecule has 4 rings (SSSR count). The van der Waals surface area contributed by atoms with Crippen LogP contribution in [0.25, 0.3) is 16.7 Å². The molecular formula is C20H19N5O. The summed E-state index contributed by atoms with van der Waals surface area (Å²) in [6.07, 6.45) is 4.93. The fourth-order valence-electron chi connectivity index (χ4n) is 2.85. The van der Waals surface area contributed by atoms with Crippen molar-refractivity contribution in [3.63, 3.8) is 0 Å². The maximum absolute atomic E-state index is 12.3. The third-order valence-corrected chi connectivity index (χ3v) is 4.18. The average Bonchev–Trinajstić information content (AvgIpc) is 3.32. The Kier molecular flexibility index (Phi) is 4.47. The van der Waals surface area contributed by atoms with Crippen LogP contribution < -0.4 is 5.32 Å². The third-order valence-electron chi connectivity index (χ3n) is 4.18. The molecule has 0 spiro atoms. The second kappa shape index (κ2) is 7.23. The van der Waals surface area contributed by atoms with Crippen molar-refractivity contribution in [2.24, 2.45) is 0 Å². The number of carbonyl (C=O) groups is 1. The molecule has 2 heterocycles. The van der Waals surface area contributed by atoms with Gasteiger partial charge in [-0.15, -0.1) is 0 Å². The first-order valence-corrected chi connectivity index (χ1v) is 8.61. The lowest BCUT2D eigenvalue weighted by atomic mass is 10.3. The maximum atomic E-state index is 12.3. The number of nitrogens with zero attached hydrogens (tertiary/aromatic N) is 3. The number of aromatic amines is 1. The van der Waals surface area contributed by atoms with E-state index in [1.807, 2.05) is 54.6 Å². The van der Waals surface area contributed by atoms with Gasteiger partial charge in [0.1, 0.15) is 5.82 Å². The van der Waals surface area contributed by atoms with Crippen molar-refractivity contribution < 1.29 is 4.79 Å². The van der Waals surface area contributed by atoms with Crippen LogP contribution in [0.2, 0.25) is 0 Å². The monoisotopic (exact) mass is 345 g/mol. The minimum absolute atomic E-state index is 0.114. The van der Waals surface area contributed by atoms with E-state index in [1.165, 1.54) is 0 Å². The molecule has 1 amide bonds. The fraction of sp³-hybridized carbons (Fsp3) is 0.150. The van der Waals surface area contributed by atoms with Gasteiger partial charge in [-0.25, -0.2) is 9.67 Å². The average molecular weight is 345 g/mol. The Balaban J connectivity index is 1.29. The minimum Gasteiger partial charge on any atom is -0.352 e. The molecular weight excluding hydrogens is 326 g/mol. The number of aromatic nitrogens is 4. The van der Waals surface area contributed by atoms with E-state index in [2.05, 4.69) is 20.4 Å². The maximum Gasteiger partial charge on any atom is 0.254 e. The second-order valence-electron chi connectivity index (χ2n) is 6.07. The van der Waals surface area contributed by atoms with E-state index in [0.29, 0.717) is 12.1 Å². The molecule has 2 N–H and O–H groups in total. The van der Waals surface area contributed by atoms with Crippen LogP contribution in [0, 0.1) is 0 Å². The molecule has 0 fully saturated rings. The Labute approximate surface area is 150 Å². The number of hydrogen-bond acceptors (Lipinski definition) is 3. The Bertz CT molecular complexity index is 986. The molecule has 6 heteroatoms. The van der Waals surface area contributed by atoms with Gasteiger partial charge in [-0.05, 0) is 30.7 Å². The van der Waals surface area contributed by atoms with E-state index in [4.69, 9.17) is 0 Å². The summed E-state index contributed by atoms with van der Waals surface area (Å²) in [7, 11) is 0. The highest BCUT2D eigenvalue weighted by atomic mass is 16.1. The summed E-state index contributed by atoms with van der Waals surface area (Å²) in [6, 6.07) is 17.7. The number of amides is 1. The first kappa shape index (κ1) is 16.1. The molecule has 6 nitrogen and oxygen atoms in total. The van der Waals surface area contributed by atoms with Crippen molar-refractivity contribution in [2.75, 3.05) is 6.54 Å². The Morgan fingerprint density at radius 2 is 1.88 bits per heavy atom. The van der Waals surface area contributed by atoms with E-state index in [0.717, 1.165) is 35.4 Å². The number of rotatable bonds is 6. The van der Waals surface area contributed by atoms with Gasteiger partial charge in [-0.2, -0.15) is 5.10 Å². The standard InChI is InChI=1S/C20H19N5O/c26-20(15-13-22-25(14-15)16-7-2-1-3-8-16)21-12-6-11-19-23-17-9-4-5-10-18(17)24-19/h1-5,7-10,13-14H,6,11-12H2,(H,21,26)(H,23,24). The molecule has 0 saturated carbocycles. The number of H-pyrrole nitrogens is 1. The van der Waals surface area contributed by atoms with E-state index in [-0.39, 0.29) is 5.91 Å². The normalized spacial score (nSPS) is 10.9. The van der Waals surface area contributed by atoms with Gasteiger partial charge in [-0.1, -0.05) is 30.3 Å². The van der Waals surface area contributed by atoms with Crippen LogP contribution in [0.1, 0.15) is 22.6 Å². The summed E-state index contributed by atoms with van der Waals surface area (Å²) >= 11 is 0. The first-order valence-electron chi connectivity index (χ1n) is 8.61. The summed E-state index contributed by atoms with van der Waals surface area (Å²) in [5.74, 6) is 0.828. The quantitative estimate of drug-likeness (QED) is 0.527. The second-order valence-corrected chi connectivity index (χ2v) is 6.07. The molecule has 0 bridgehead atoms. The lowest BCUT2D eigenvalue weighted by Crippen LogP contribution is -2.24.